The maximum absolute atomic E-state index is 15.0. The number of fused-ring (bicyclic) bond motifs is 1. The van der Waals surface area contributed by atoms with Crippen LogP contribution in [0.2, 0.25) is 0 Å². The van der Waals surface area contributed by atoms with E-state index in [1.165, 1.54) is 42.6 Å². The topological polar surface area (TPSA) is 131 Å². The minimum Gasteiger partial charge on any atom is -0.480 e. The van der Waals surface area contributed by atoms with Gasteiger partial charge in [0.05, 0.1) is 31.0 Å². The first-order valence-electron chi connectivity index (χ1n) is 13.2. The Morgan fingerprint density at radius 1 is 1.15 bits per heavy atom. The summed E-state index contributed by atoms with van der Waals surface area (Å²) in [6, 6.07) is 8.06. The Balaban J connectivity index is 1.26. The molecule has 2 saturated heterocycles. The standard InChI is InChI=1S/C28H28F2N8O3/c1-41-27-19(26(39)35-22-14-37(13-21(22)30)28(40)18-5-2-3-6-20(18)29)9-16(11-32-27)23-10-17(12-36-7-4-8-36)24-25(31)33-15-34-38(23)24/h2-3,5-6,9-11,15,21-22H,4,7-8,12-14H2,1H3,(H,35,39)(H2,31,33,34)/t21-,22+/m0/s1. The number of rotatable bonds is 7. The third kappa shape index (κ3) is 4.92. The van der Waals surface area contributed by atoms with E-state index in [1.54, 1.807) is 16.8 Å². The summed E-state index contributed by atoms with van der Waals surface area (Å²) in [6.07, 6.45) is 2.52. The van der Waals surface area contributed by atoms with Crippen LogP contribution in [0.4, 0.5) is 14.6 Å². The molecule has 0 radical (unpaired) electrons. The molecule has 4 aromatic rings. The number of ether oxygens (including phenoxy) is 1. The summed E-state index contributed by atoms with van der Waals surface area (Å²) in [5, 5.41) is 7.05. The molecule has 2 aliphatic rings. The fourth-order valence-corrected chi connectivity index (χ4v) is 5.29. The molecular weight excluding hydrogens is 534 g/mol. The van der Waals surface area contributed by atoms with Crippen molar-refractivity contribution in [3.05, 3.63) is 71.4 Å². The van der Waals surface area contributed by atoms with E-state index in [1.807, 2.05) is 6.07 Å². The van der Waals surface area contributed by atoms with Gasteiger partial charge >= 0.3 is 0 Å². The molecule has 3 aromatic heterocycles. The van der Waals surface area contributed by atoms with Crippen LogP contribution in [0.3, 0.4) is 0 Å². The van der Waals surface area contributed by atoms with Gasteiger partial charge in [0.2, 0.25) is 5.88 Å². The van der Waals surface area contributed by atoms with Crippen molar-refractivity contribution in [1.29, 1.82) is 0 Å². The quantitative estimate of drug-likeness (QED) is 0.351. The molecule has 2 amide bonds. The zero-order valence-corrected chi connectivity index (χ0v) is 22.3. The largest absolute Gasteiger partial charge is 0.480 e. The van der Waals surface area contributed by atoms with Crippen LogP contribution in [-0.4, -0.2) is 86.7 Å². The summed E-state index contributed by atoms with van der Waals surface area (Å²) in [7, 11) is 1.38. The lowest BCUT2D eigenvalue weighted by atomic mass is 10.1. The number of likely N-dealkylation sites (tertiary alicyclic amines) is 2. The predicted octanol–water partition coefficient (Wildman–Crippen LogP) is 2.32. The molecule has 0 spiro atoms. The Labute approximate surface area is 233 Å². The number of nitrogen functional groups attached to an aromatic ring is 1. The first-order chi connectivity index (χ1) is 19.8. The molecule has 2 aliphatic heterocycles. The molecule has 13 heteroatoms. The number of halogens is 2. The zero-order chi connectivity index (χ0) is 28.7. The van der Waals surface area contributed by atoms with Crippen LogP contribution in [0.15, 0.2) is 48.9 Å². The van der Waals surface area contributed by atoms with Crippen molar-refractivity contribution in [3.63, 3.8) is 0 Å². The van der Waals surface area contributed by atoms with E-state index in [0.29, 0.717) is 29.1 Å². The maximum atomic E-state index is 15.0. The summed E-state index contributed by atoms with van der Waals surface area (Å²) in [6.45, 7) is 2.28. The molecule has 11 nitrogen and oxygen atoms in total. The third-order valence-electron chi connectivity index (χ3n) is 7.55. The van der Waals surface area contributed by atoms with Crippen LogP contribution in [-0.2, 0) is 6.54 Å². The molecule has 3 N–H and O–H groups in total. The molecule has 2 fully saturated rings. The Kier molecular flexibility index (Phi) is 6.95. The number of benzene rings is 1. The van der Waals surface area contributed by atoms with Gasteiger partial charge in [-0.05, 0) is 49.3 Å². The van der Waals surface area contributed by atoms with E-state index in [-0.39, 0.29) is 30.1 Å². The highest BCUT2D eigenvalue weighted by Gasteiger charge is 2.38. The highest BCUT2D eigenvalue weighted by molar-refractivity contribution is 5.98. The van der Waals surface area contributed by atoms with Gasteiger partial charge in [-0.2, -0.15) is 5.10 Å². The number of nitrogens with two attached hydrogens (primary N) is 1. The van der Waals surface area contributed by atoms with Gasteiger partial charge < -0.3 is 20.7 Å². The first kappa shape index (κ1) is 26.6. The SMILES string of the molecule is COc1ncc(-c2cc(CN3CCC3)c3c(N)ncnn23)cc1C(=O)N[C@@H]1CN(C(=O)c2ccccc2F)C[C@@H]1F. The fraction of sp³-hybridized carbons (Fsp3) is 0.321. The van der Waals surface area contributed by atoms with Crippen LogP contribution < -0.4 is 15.8 Å². The Bertz CT molecular complexity index is 1640. The maximum Gasteiger partial charge on any atom is 0.257 e. The first-order valence-corrected chi connectivity index (χ1v) is 13.2. The van der Waals surface area contributed by atoms with E-state index in [2.05, 4.69) is 25.3 Å². The highest BCUT2D eigenvalue weighted by Crippen LogP contribution is 2.31. The summed E-state index contributed by atoms with van der Waals surface area (Å²) in [5.41, 5.74) is 9.00. The number of hydrogen-bond acceptors (Lipinski definition) is 8. The highest BCUT2D eigenvalue weighted by atomic mass is 19.1. The van der Waals surface area contributed by atoms with Gasteiger partial charge in [0, 0.05) is 24.8 Å². The van der Waals surface area contributed by atoms with Crippen LogP contribution in [0.1, 0.15) is 32.7 Å². The van der Waals surface area contributed by atoms with Crippen LogP contribution >= 0.6 is 0 Å². The Morgan fingerprint density at radius 2 is 1.95 bits per heavy atom. The van der Waals surface area contributed by atoms with Gasteiger partial charge in [-0.15, -0.1) is 0 Å². The van der Waals surface area contributed by atoms with Crippen molar-refractivity contribution in [2.75, 3.05) is 39.0 Å². The number of nitrogens with zero attached hydrogens (tertiary/aromatic N) is 6. The lowest BCUT2D eigenvalue weighted by Gasteiger charge is -2.30. The molecule has 0 bridgehead atoms. The number of carbonyl (C=O) groups is 2. The lowest BCUT2D eigenvalue weighted by Crippen LogP contribution is -2.42. The summed E-state index contributed by atoms with van der Waals surface area (Å²) in [5.74, 6) is -1.56. The number of anilines is 1. The Hall–Kier alpha value is -4.65. The predicted molar refractivity (Wildman–Crippen MR) is 146 cm³/mol. The summed E-state index contributed by atoms with van der Waals surface area (Å²) >= 11 is 0. The number of carbonyl (C=O) groups excluding carboxylic acids is 2. The molecule has 0 aliphatic carbocycles. The van der Waals surface area contributed by atoms with Crippen LogP contribution in [0.5, 0.6) is 5.88 Å². The van der Waals surface area contributed by atoms with Gasteiger partial charge in [0.15, 0.2) is 5.82 Å². The molecule has 6 rings (SSSR count). The number of alkyl halides is 1. The minimum atomic E-state index is -1.55. The van der Waals surface area contributed by atoms with Crippen LogP contribution in [0, 0.1) is 5.82 Å². The monoisotopic (exact) mass is 562 g/mol. The summed E-state index contributed by atoms with van der Waals surface area (Å²) in [4.78, 5) is 38.1. The van der Waals surface area contributed by atoms with Gasteiger partial charge in [-0.3, -0.25) is 14.5 Å². The van der Waals surface area contributed by atoms with E-state index in [9.17, 15) is 18.4 Å². The van der Waals surface area contributed by atoms with E-state index in [4.69, 9.17) is 10.5 Å². The van der Waals surface area contributed by atoms with Gasteiger partial charge in [0.25, 0.3) is 11.8 Å². The van der Waals surface area contributed by atoms with Crippen molar-refractivity contribution < 1.29 is 23.1 Å². The molecule has 0 unspecified atom stereocenters. The smallest absolute Gasteiger partial charge is 0.257 e. The molecule has 2 atom stereocenters. The number of hydrogen-bond donors (Lipinski definition) is 2. The van der Waals surface area contributed by atoms with E-state index >= 15 is 0 Å². The van der Waals surface area contributed by atoms with Gasteiger partial charge in [0.1, 0.15) is 29.4 Å². The van der Waals surface area contributed by atoms with Crippen molar-refractivity contribution >= 4 is 23.1 Å². The van der Waals surface area contributed by atoms with Crippen molar-refractivity contribution in [2.24, 2.45) is 0 Å². The lowest BCUT2D eigenvalue weighted by molar-refractivity contribution is 0.0773. The number of nitrogens with one attached hydrogen (secondary N) is 1. The number of pyridine rings is 1. The summed E-state index contributed by atoms with van der Waals surface area (Å²) < 4.78 is 36.1. The second kappa shape index (κ2) is 10.7. The van der Waals surface area contributed by atoms with Crippen LogP contribution in [0.25, 0.3) is 16.8 Å². The molecular formula is C28H28F2N8O3. The van der Waals surface area contributed by atoms with Crippen molar-refractivity contribution in [3.8, 4) is 17.1 Å². The number of amides is 2. The second-order valence-corrected chi connectivity index (χ2v) is 10.2. The second-order valence-electron chi connectivity index (χ2n) is 10.2. The van der Waals surface area contributed by atoms with Gasteiger partial charge in [-0.25, -0.2) is 23.3 Å². The molecule has 1 aromatic carbocycles. The van der Waals surface area contributed by atoms with Crippen molar-refractivity contribution in [2.45, 2.75) is 25.2 Å². The number of methoxy groups -OCH3 is 1. The fourth-order valence-electron chi connectivity index (χ4n) is 5.29. The van der Waals surface area contributed by atoms with E-state index in [0.717, 1.165) is 25.1 Å². The van der Waals surface area contributed by atoms with E-state index < -0.39 is 29.8 Å². The molecule has 0 saturated carbocycles. The normalized spacial score (nSPS) is 18.9. The van der Waals surface area contributed by atoms with Crippen molar-refractivity contribution in [1.82, 2.24) is 34.7 Å². The molecule has 5 heterocycles. The third-order valence-corrected chi connectivity index (χ3v) is 7.55. The molecule has 212 valence electrons. The number of aromatic nitrogens is 4. The minimum absolute atomic E-state index is 0.0507. The molecule has 41 heavy (non-hydrogen) atoms. The average Bonchev–Trinajstić information content (AvgIpc) is 3.51. The zero-order valence-electron chi connectivity index (χ0n) is 22.3. The Morgan fingerprint density at radius 3 is 2.68 bits per heavy atom. The van der Waals surface area contributed by atoms with Gasteiger partial charge in [-0.1, -0.05) is 12.1 Å². The average molecular weight is 563 g/mol.